The molecule has 8 aromatic carbocycles. The molecule has 28 heteroatoms. The molecule has 9 rings (SSSR count). The summed E-state index contributed by atoms with van der Waals surface area (Å²) >= 11 is 0. The Labute approximate surface area is 458 Å². The lowest BCUT2D eigenvalue weighted by Crippen LogP contribution is -2.15. The van der Waals surface area contributed by atoms with Crippen molar-refractivity contribution in [3.05, 3.63) is 192 Å². The van der Waals surface area contributed by atoms with Crippen LogP contribution in [0.3, 0.4) is 0 Å². The van der Waals surface area contributed by atoms with Crippen molar-refractivity contribution < 1.29 is 91.9 Å². The number of hydrogen-bond donors (Lipinski definition) is 8. The van der Waals surface area contributed by atoms with Gasteiger partial charge in [-0.2, -0.15) is 0 Å². The van der Waals surface area contributed by atoms with E-state index < -0.39 is 178 Å². The first-order valence-corrected chi connectivity index (χ1v) is 36.5. The van der Waals surface area contributed by atoms with E-state index in [1.165, 1.54) is 121 Å². The Bertz CT molecular complexity index is 3830. The van der Waals surface area contributed by atoms with Crippen LogP contribution in [0.25, 0.3) is 0 Å². The lowest BCUT2D eigenvalue weighted by atomic mass is 10.2. The number of rotatable bonds is 12. The van der Waals surface area contributed by atoms with Gasteiger partial charge < -0.3 is 40.0 Å². The Morgan fingerprint density at radius 3 is 0.537 bits per heavy atom. The summed E-state index contributed by atoms with van der Waals surface area (Å²) in [5.41, 5.74) is -2.72. The highest BCUT2D eigenvalue weighted by Gasteiger charge is 2.42. The van der Waals surface area contributed by atoms with Gasteiger partial charge in [0.2, 0.25) is 68.8 Å². The summed E-state index contributed by atoms with van der Waals surface area (Å²) in [6.45, 7) is 0. The number of hydrogen-bond acceptors (Lipinski definition) is 16. The Morgan fingerprint density at radius 1 is 0.263 bits per heavy atom. The molecule has 8 bridgehead atoms. The normalized spacial score (nSPS) is 18.1. The van der Waals surface area contributed by atoms with Gasteiger partial charge in [0.1, 0.15) is 39.2 Å². The standard InChI is InChI=1S/C52H44O20P4S4/c53-49-41-21-33(29-73(57,58)37-13-5-1-6-14-37)22-42(49)78(67,68)44-24-35(31-75(61,62)39-17-9-3-10-18-39)26-46(51(44)55)80(71,72)48-28-36(32-76(63,64)40-19-11-4-12-20-40)27-47(52(48)56)79(69,70)45-25-34(23-43(50(45)54)77(41,65)66)30-74(59,60)38-15-7-2-8-16-38/h1-28,53-56H,29-32H2,(H,57,58)(H,59,60)(H,61,62)(H,63,64). The number of fused-ring (bicyclic) bond motifs is 8. The molecule has 20 nitrogen and oxygen atoms in total. The Morgan fingerprint density at radius 2 is 0.400 bits per heavy atom. The van der Waals surface area contributed by atoms with Crippen LogP contribution in [0.4, 0.5) is 0 Å². The molecule has 0 aliphatic carbocycles. The topological polar surface area (TPSA) is 367 Å². The van der Waals surface area contributed by atoms with Gasteiger partial charge in [-0.05, 0) is 119 Å². The third-order valence-electron chi connectivity index (χ3n) is 12.9. The summed E-state index contributed by atoms with van der Waals surface area (Å²) in [4.78, 5) is 33.4. The zero-order valence-electron chi connectivity index (χ0n) is 40.9. The summed E-state index contributed by atoms with van der Waals surface area (Å²) in [6, 6.07) is 30.7. The van der Waals surface area contributed by atoms with Crippen molar-refractivity contribution in [1.29, 1.82) is 0 Å². The van der Waals surface area contributed by atoms with Crippen LogP contribution in [0, 0.1) is 0 Å². The smallest absolute Gasteiger partial charge is 0.233 e. The van der Waals surface area contributed by atoms with Crippen molar-refractivity contribution in [2.24, 2.45) is 0 Å². The van der Waals surface area contributed by atoms with Gasteiger partial charge in [0.15, 0.2) is 23.0 Å². The maximum Gasteiger partial charge on any atom is 0.233 e. The monoisotopic (exact) mass is 1240 g/mol. The van der Waals surface area contributed by atoms with Crippen LogP contribution in [0.2, 0.25) is 0 Å². The highest BCUT2D eigenvalue weighted by atomic mass is 32.2. The number of aromatic hydroxyl groups is 4. The molecule has 8 N–H and O–H groups in total. The molecule has 416 valence electrons. The van der Waals surface area contributed by atoms with Crippen molar-refractivity contribution in [2.75, 3.05) is 0 Å². The minimum absolute atomic E-state index is 0.244. The fourth-order valence-corrected chi connectivity index (χ4v) is 21.6. The van der Waals surface area contributed by atoms with Crippen LogP contribution >= 0.6 is 29.5 Å². The van der Waals surface area contributed by atoms with Crippen molar-refractivity contribution in [3.63, 3.8) is 0 Å². The van der Waals surface area contributed by atoms with Gasteiger partial charge in [0, 0.05) is 21.2 Å². The molecule has 1 aliphatic rings. The molecule has 0 spiro atoms. The minimum Gasteiger partial charge on any atom is -0.505 e. The average molecular weight is 1240 g/mol. The molecule has 0 saturated heterocycles. The van der Waals surface area contributed by atoms with E-state index in [2.05, 4.69) is 0 Å². The van der Waals surface area contributed by atoms with Crippen molar-refractivity contribution in [3.8, 4) is 23.0 Å². The maximum absolute atomic E-state index is 15.4. The predicted molar refractivity (Wildman–Crippen MR) is 293 cm³/mol. The summed E-state index contributed by atoms with van der Waals surface area (Å²) in [5, 5.41) is 47.6. The first-order valence-electron chi connectivity index (χ1n) is 23.2. The molecule has 8 aromatic rings. The van der Waals surface area contributed by atoms with Gasteiger partial charge in [-0.1, -0.05) is 72.8 Å². The van der Waals surface area contributed by atoms with Crippen molar-refractivity contribution in [2.45, 2.75) is 63.8 Å². The zero-order chi connectivity index (χ0) is 58.2. The Hall–Kier alpha value is -6.48. The van der Waals surface area contributed by atoms with Crippen LogP contribution in [0.1, 0.15) is 22.3 Å². The zero-order valence-corrected chi connectivity index (χ0v) is 47.7. The average Bonchev–Trinajstić information content (AvgIpc) is 3.48. The highest BCUT2D eigenvalue weighted by Crippen LogP contribution is 2.54. The Kier molecular flexibility index (Phi) is 15.1. The quantitative estimate of drug-likeness (QED) is 0.0602. The van der Waals surface area contributed by atoms with Crippen LogP contribution in [-0.2, 0) is 82.3 Å². The maximum atomic E-state index is 15.4. The van der Waals surface area contributed by atoms with Crippen molar-refractivity contribution >= 4 is 90.0 Å². The molecule has 4 unspecified atom stereocenters. The van der Waals surface area contributed by atoms with Gasteiger partial charge in [-0.15, -0.1) is 0 Å². The van der Waals surface area contributed by atoms with E-state index in [4.69, 9.17) is 0 Å². The largest absolute Gasteiger partial charge is 0.505 e. The SMILES string of the molecule is O=P(O)(Cc1cc2c(O)c(c1)S(=O)(=O)c1cc(CP(=O)(O)c3ccccc3)cc(c1O)S(=O)(=O)c1cc(CP(=O)(O)c3ccccc3)cc(c1O)S(=O)(=O)c1cc(CP(=O)(O)c3ccccc3)cc(c1O)S2(=O)=O)c1ccccc1. The molecule has 1 heterocycles. The molecule has 0 radical (unpaired) electrons. The predicted octanol–water partition coefficient (Wildman–Crippen LogP) is 6.54. The van der Waals surface area contributed by atoms with Crippen LogP contribution in [0.5, 0.6) is 23.0 Å². The summed E-state index contributed by atoms with van der Waals surface area (Å²) in [5.74, 6) is -7.09. The number of phenolic OH excluding ortho intramolecular Hbond substituents is 4. The van der Waals surface area contributed by atoms with Gasteiger partial charge in [-0.25, -0.2) is 33.7 Å². The van der Waals surface area contributed by atoms with Gasteiger partial charge >= 0.3 is 0 Å². The molecule has 4 atom stereocenters. The second-order valence-corrected chi connectivity index (χ2v) is 35.0. The lowest BCUT2D eigenvalue weighted by molar-refractivity contribution is 0.430. The van der Waals surface area contributed by atoms with E-state index >= 15 is 33.7 Å². The number of benzene rings is 8. The van der Waals surface area contributed by atoms with E-state index in [1.807, 2.05) is 0 Å². The number of phenols is 4. The highest BCUT2D eigenvalue weighted by molar-refractivity contribution is 7.94. The van der Waals surface area contributed by atoms with Crippen LogP contribution in [0.15, 0.2) is 209 Å². The number of sulfone groups is 4. The van der Waals surface area contributed by atoms with E-state index in [9.17, 15) is 58.3 Å². The van der Waals surface area contributed by atoms with E-state index in [0.29, 0.717) is 48.5 Å². The van der Waals surface area contributed by atoms with Gasteiger partial charge in [-0.3, -0.25) is 18.3 Å². The third kappa shape index (κ3) is 10.8. The molecule has 0 aromatic heterocycles. The second-order valence-electron chi connectivity index (χ2n) is 18.6. The third-order valence-corrected chi connectivity index (χ3v) is 27.7. The summed E-state index contributed by atoms with van der Waals surface area (Å²) in [7, 11) is -42.6. The Balaban J connectivity index is 1.43. The first kappa shape index (κ1) is 58.2. The van der Waals surface area contributed by atoms with Gasteiger partial charge in [0.25, 0.3) is 0 Å². The van der Waals surface area contributed by atoms with E-state index in [0.717, 1.165) is 0 Å². The fraction of sp³-hybridized carbons (Fsp3) is 0.0769. The lowest BCUT2D eigenvalue weighted by Gasteiger charge is -2.21. The molecular weight excluding hydrogens is 1200 g/mol. The van der Waals surface area contributed by atoms with Crippen molar-refractivity contribution in [1.82, 2.24) is 0 Å². The summed E-state index contributed by atoms with van der Waals surface area (Å²) in [6.07, 6.45) is -4.51. The van der Waals surface area contributed by atoms with E-state index in [-0.39, 0.29) is 21.2 Å². The fourth-order valence-electron chi connectivity index (χ4n) is 9.02. The molecule has 0 fully saturated rings. The molecule has 0 amide bonds. The molecule has 80 heavy (non-hydrogen) atoms. The molecule has 1 aliphatic heterocycles. The van der Waals surface area contributed by atoms with E-state index in [1.54, 1.807) is 0 Å². The first-order chi connectivity index (χ1) is 37.3. The summed E-state index contributed by atoms with van der Waals surface area (Å²) < 4.78 is 179. The van der Waals surface area contributed by atoms with Crippen LogP contribution < -0.4 is 21.2 Å². The van der Waals surface area contributed by atoms with Gasteiger partial charge in [0.05, 0.1) is 24.6 Å². The second kappa shape index (κ2) is 20.8. The molecular formula is C52H44O20P4S4. The minimum atomic E-state index is -5.91. The molecule has 0 saturated carbocycles. The van der Waals surface area contributed by atoms with Crippen LogP contribution in [-0.4, -0.2) is 73.7 Å².